The van der Waals surface area contributed by atoms with Crippen LogP contribution in [0, 0.1) is 0 Å². The van der Waals surface area contributed by atoms with Crippen LogP contribution in [0.25, 0.3) is 0 Å². The first-order chi connectivity index (χ1) is 10.2. The predicted octanol–water partition coefficient (Wildman–Crippen LogP) is 0.0635. The summed E-state index contributed by atoms with van der Waals surface area (Å²) >= 11 is 0. The number of carbonyl (C=O) groups excluding carboxylic acids is 1. The van der Waals surface area contributed by atoms with E-state index in [0.717, 1.165) is 45.8 Å². The van der Waals surface area contributed by atoms with Crippen molar-refractivity contribution in [2.24, 2.45) is 5.73 Å². The van der Waals surface area contributed by atoms with Gasteiger partial charge in [0.05, 0.1) is 12.1 Å². The standard InChI is InChI=1S/C15H29N3O3/c1-20-11-5-14(16)15(19)18-7-3-6-17(8-9-18)12-13-4-2-10-21-13/h13-14H,2-12,16H2,1H3. The van der Waals surface area contributed by atoms with E-state index in [4.69, 9.17) is 15.2 Å². The number of rotatable bonds is 6. The summed E-state index contributed by atoms with van der Waals surface area (Å²) < 4.78 is 10.7. The van der Waals surface area contributed by atoms with E-state index in [9.17, 15) is 4.79 Å². The zero-order chi connectivity index (χ0) is 15.1. The second-order valence-electron chi connectivity index (χ2n) is 6.00. The minimum absolute atomic E-state index is 0.0611. The van der Waals surface area contributed by atoms with Crippen molar-refractivity contribution in [3.63, 3.8) is 0 Å². The maximum Gasteiger partial charge on any atom is 0.239 e. The molecule has 0 bridgehead atoms. The van der Waals surface area contributed by atoms with Gasteiger partial charge in [0.2, 0.25) is 5.91 Å². The number of ether oxygens (including phenoxy) is 2. The maximum absolute atomic E-state index is 12.3. The van der Waals surface area contributed by atoms with Gasteiger partial charge in [-0.1, -0.05) is 0 Å². The average Bonchev–Trinajstić information content (AvgIpc) is 2.89. The molecule has 6 nitrogen and oxygen atoms in total. The molecule has 2 unspecified atom stereocenters. The van der Waals surface area contributed by atoms with E-state index >= 15 is 0 Å². The largest absolute Gasteiger partial charge is 0.385 e. The highest BCUT2D eigenvalue weighted by Crippen LogP contribution is 2.15. The van der Waals surface area contributed by atoms with E-state index in [1.165, 1.54) is 12.8 Å². The van der Waals surface area contributed by atoms with Crippen LogP contribution in [0.5, 0.6) is 0 Å². The highest BCUT2D eigenvalue weighted by Gasteiger charge is 2.25. The molecular weight excluding hydrogens is 270 g/mol. The lowest BCUT2D eigenvalue weighted by atomic mass is 10.2. The summed E-state index contributed by atoms with van der Waals surface area (Å²) in [6, 6.07) is -0.435. The van der Waals surface area contributed by atoms with Crippen molar-refractivity contribution in [3.8, 4) is 0 Å². The molecule has 0 aromatic heterocycles. The first-order valence-corrected chi connectivity index (χ1v) is 8.08. The van der Waals surface area contributed by atoms with Crippen molar-refractivity contribution in [1.29, 1.82) is 0 Å². The Hall–Kier alpha value is -0.690. The summed E-state index contributed by atoms with van der Waals surface area (Å²) in [5.41, 5.74) is 5.95. The quantitative estimate of drug-likeness (QED) is 0.751. The summed E-state index contributed by atoms with van der Waals surface area (Å²) in [6.07, 6.45) is 4.33. The number of carbonyl (C=O) groups is 1. The first-order valence-electron chi connectivity index (χ1n) is 8.08. The molecular formula is C15H29N3O3. The van der Waals surface area contributed by atoms with E-state index in [0.29, 0.717) is 19.1 Å². The molecule has 0 aliphatic carbocycles. The second-order valence-corrected chi connectivity index (χ2v) is 6.00. The van der Waals surface area contributed by atoms with Gasteiger partial charge in [0.15, 0.2) is 0 Å². The van der Waals surface area contributed by atoms with Gasteiger partial charge in [-0.25, -0.2) is 0 Å². The molecule has 0 spiro atoms. The van der Waals surface area contributed by atoms with Gasteiger partial charge in [-0.15, -0.1) is 0 Å². The van der Waals surface area contributed by atoms with Crippen molar-refractivity contribution in [1.82, 2.24) is 9.80 Å². The Morgan fingerprint density at radius 2 is 2.19 bits per heavy atom. The average molecular weight is 299 g/mol. The molecule has 2 fully saturated rings. The zero-order valence-electron chi connectivity index (χ0n) is 13.1. The van der Waals surface area contributed by atoms with Crippen LogP contribution in [0.4, 0.5) is 0 Å². The summed E-state index contributed by atoms with van der Waals surface area (Å²) in [5, 5.41) is 0. The topological polar surface area (TPSA) is 68.0 Å². The number of methoxy groups -OCH3 is 1. The number of hydrogen-bond donors (Lipinski definition) is 1. The molecule has 0 aromatic rings. The Kier molecular flexibility index (Phi) is 6.89. The molecule has 0 saturated carbocycles. The Morgan fingerprint density at radius 1 is 1.33 bits per heavy atom. The molecule has 2 aliphatic heterocycles. The highest BCUT2D eigenvalue weighted by molar-refractivity contribution is 5.81. The lowest BCUT2D eigenvalue weighted by molar-refractivity contribution is -0.132. The van der Waals surface area contributed by atoms with Crippen molar-refractivity contribution in [3.05, 3.63) is 0 Å². The smallest absolute Gasteiger partial charge is 0.239 e. The number of nitrogens with zero attached hydrogens (tertiary/aromatic N) is 2. The van der Waals surface area contributed by atoms with Gasteiger partial charge >= 0.3 is 0 Å². The van der Waals surface area contributed by atoms with Crippen molar-refractivity contribution >= 4 is 5.91 Å². The molecule has 2 rings (SSSR count). The normalized spacial score (nSPS) is 25.8. The van der Waals surface area contributed by atoms with Crippen molar-refractivity contribution < 1.29 is 14.3 Å². The fourth-order valence-electron chi connectivity index (χ4n) is 3.05. The van der Waals surface area contributed by atoms with Gasteiger partial charge in [0, 0.05) is 46.5 Å². The number of nitrogens with two attached hydrogens (primary N) is 1. The van der Waals surface area contributed by atoms with Gasteiger partial charge < -0.3 is 20.1 Å². The highest BCUT2D eigenvalue weighted by atomic mass is 16.5. The van der Waals surface area contributed by atoms with E-state index in [1.807, 2.05) is 4.90 Å². The summed E-state index contributed by atoms with van der Waals surface area (Å²) in [4.78, 5) is 16.6. The molecule has 122 valence electrons. The van der Waals surface area contributed by atoms with Gasteiger partial charge in [0.25, 0.3) is 0 Å². The second kappa shape index (κ2) is 8.68. The molecule has 2 aliphatic rings. The van der Waals surface area contributed by atoms with Gasteiger partial charge in [-0.05, 0) is 32.2 Å². The summed E-state index contributed by atoms with van der Waals surface area (Å²) in [5.74, 6) is 0.0611. The van der Waals surface area contributed by atoms with Gasteiger partial charge in [0.1, 0.15) is 0 Å². The summed E-state index contributed by atoms with van der Waals surface area (Å²) in [6.45, 7) is 5.97. The predicted molar refractivity (Wildman–Crippen MR) is 81.1 cm³/mol. The van der Waals surface area contributed by atoms with E-state index < -0.39 is 6.04 Å². The van der Waals surface area contributed by atoms with Crippen LogP contribution >= 0.6 is 0 Å². The van der Waals surface area contributed by atoms with Gasteiger partial charge in [-0.2, -0.15) is 0 Å². The van der Waals surface area contributed by atoms with Crippen LogP contribution in [0.1, 0.15) is 25.7 Å². The van der Waals surface area contributed by atoms with Crippen LogP contribution in [-0.4, -0.2) is 80.9 Å². The van der Waals surface area contributed by atoms with Crippen molar-refractivity contribution in [2.75, 3.05) is 53.0 Å². The third kappa shape index (κ3) is 5.21. The van der Waals surface area contributed by atoms with E-state index in [1.54, 1.807) is 7.11 Å². The van der Waals surface area contributed by atoms with Gasteiger partial charge in [-0.3, -0.25) is 9.69 Å². The maximum atomic E-state index is 12.3. The lowest BCUT2D eigenvalue weighted by Crippen LogP contribution is -2.46. The summed E-state index contributed by atoms with van der Waals surface area (Å²) in [7, 11) is 1.63. The molecule has 0 aromatic carbocycles. The van der Waals surface area contributed by atoms with E-state index in [-0.39, 0.29) is 5.91 Å². The lowest BCUT2D eigenvalue weighted by Gasteiger charge is -2.25. The third-order valence-electron chi connectivity index (χ3n) is 4.34. The fourth-order valence-corrected chi connectivity index (χ4v) is 3.05. The number of hydrogen-bond acceptors (Lipinski definition) is 5. The van der Waals surface area contributed by atoms with Crippen LogP contribution in [-0.2, 0) is 14.3 Å². The minimum Gasteiger partial charge on any atom is -0.385 e. The molecule has 1 amide bonds. The SMILES string of the molecule is COCCC(N)C(=O)N1CCCN(CC2CCCO2)CC1. The Morgan fingerprint density at radius 3 is 2.90 bits per heavy atom. The van der Waals surface area contributed by atoms with Crippen LogP contribution in [0.15, 0.2) is 0 Å². The molecule has 2 N–H and O–H groups in total. The molecule has 2 saturated heterocycles. The Balaban J connectivity index is 1.75. The minimum atomic E-state index is -0.435. The molecule has 2 heterocycles. The van der Waals surface area contributed by atoms with Crippen molar-refractivity contribution in [2.45, 2.75) is 37.8 Å². The van der Waals surface area contributed by atoms with Crippen LogP contribution < -0.4 is 5.73 Å². The van der Waals surface area contributed by atoms with Crippen LogP contribution in [0.2, 0.25) is 0 Å². The molecule has 2 atom stereocenters. The third-order valence-corrected chi connectivity index (χ3v) is 4.34. The monoisotopic (exact) mass is 299 g/mol. The Bertz CT molecular complexity index is 321. The fraction of sp³-hybridized carbons (Fsp3) is 0.933. The number of amides is 1. The Labute approximate surface area is 127 Å². The first kappa shape index (κ1) is 16.7. The molecule has 21 heavy (non-hydrogen) atoms. The molecule has 0 radical (unpaired) electrons. The molecule has 6 heteroatoms. The van der Waals surface area contributed by atoms with E-state index in [2.05, 4.69) is 4.90 Å². The zero-order valence-corrected chi connectivity index (χ0v) is 13.1. The van der Waals surface area contributed by atoms with Crippen LogP contribution in [0.3, 0.4) is 0 Å².